The number of halogens is 2. The van der Waals surface area contributed by atoms with E-state index in [0.29, 0.717) is 6.04 Å². The number of rotatable bonds is 9. The molecule has 0 aromatic heterocycles. The second kappa shape index (κ2) is 9.76. The number of hydrogen-bond donors (Lipinski definition) is 1. The van der Waals surface area contributed by atoms with Crippen LogP contribution in [0.3, 0.4) is 0 Å². The van der Waals surface area contributed by atoms with Crippen molar-refractivity contribution in [3.63, 3.8) is 0 Å². The lowest BCUT2D eigenvalue weighted by atomic mass is 10.0. The van der Waals surface area contributed by atoms with Gasteiger partial charge in [-0.05, 0) is 49.9 Å². The van der Waals surface area contributed by atoms with Crippen molar-refractivity contribution >= 4 is 27.5 Å². The summed E-state index contributed by atoms with van der Waals surface area (Å²) in [6, 6.07) is 6.58. The van der Waals surface area contributed by atoms with E-state index in [1.165, 1.54) is 5.56 Å². The van der Waals surface area contributed by atoms with Crippen LogP contribution in [0.25, 0.3) is 0 Å². The van der Waals surface area contributed by atoms with Gasteiger partial charge in [-0.1, -0.05) is 40.5 Å². The molecule has 19 heavy (non-hydrogen) atoms. The molecule has 0 aliphatic carbocycles. The van der Waals surface area contributed by atoms with E-state index in [1.54, 1.807) is 7.11 Å². The zero-order chi connectivity index (χ0) is 14.1. The van der Waals surface area contributed by atoms with Gasteiger partial charge >= 0.3 is 0 Å². The van der Waals surface area contributed by atoms with E-state index in [2.05, 4.69) is 34.2 Å². The molecular formula is C15H23BrClNO. The van der Waals surface area contributed by atoms with Crippen LogP contribution in [0, 0.1) is 0 Å². The molecule has 0 saturated carbocycles. The molecule has 1 unspecified atom stereocenters. The van der Waals surface area contributed by atoms with Crippen LogP contribution in [-0.4, -0.2) is 26.3 Å². The van der Waals surface area contributed by atoms with E-state index in [-0.39, 0.29) is 0 Å². The molecule has 0 fully saturated rings. The van der Waals surface area contributed by atoms with Gasteiger partial charge in [0, 0.05) is 29.3 Å². The van der Waals surface area contributed by atoms with Crippen molar-refractivity contribution in [2.24, 2.45) is 0 Å². The average molecular weight is 349 g/mol. The number of hydrogen-bond acceptors (Lipinski definition) is 2. The lowest BCUT2D eigenvalue weighted by molar-refractivity contribution is 0.188. The van der Waals surface area contributed by atoms with Gasteiger partial charge in [-0.2, -0.15) is 0 Å². The lowest BCUT2D eigenvalue weighted by Crippen LogP contribution is -2.32. The van der Waals surface area contributed by atoms with Gasteiger partial charge in [0.2, 0.25) is 0 Å². The molecule has 0 aliphatic heterocycles. The fraction of sp³-hybridized carbons (Fsp3) is 0.600. The minimum atomic E-state index is 0.466. The normalized spacial score (nSPS) is 12.6. The molecule has 1 aromatic rings. The smallest absolute Gasteiger partial charge is 0.0462 e. The Morgan fingerprint density at radius 2 is 2.21 bits per heavy atom. The summed E-state index contributed by atoms with van der Waals surface area (Å²) in [6.07, 6.45) is 4.30. The van der Waals surface area contributed by atoms with Gasteiger partial charge < -0.3 is 10.1 Å². The Kier molecular flexibility index (Phi) is 8.71. The van der Waals surface area contributed by atoms with Crippen molar-refractivity contribution in [3.8, 4) is 0 Å². The molecule has 0 radical (unpaired) electrons. The topological polar surface area (TPSA) is 21.3 Å². The Balaban J connectivity index is 2.58. The molecular weight excluding hydrogens is 326 g/mol. The third kappa shape index (κ3) is 6.75. The average Bonchev–Trinajstić information content (AvgIpc) is 2.39. The van der Waals surface area contributed by atoms with Gasteiger partial charge in [0.15, 0.2) is 0 Å². The van der Waals surface area contributed by atoms with Gasteiger partial charge in [0.05, 0.1) is 0 Å². The summed E-state index contributed by atoms with van der Waals surface area (Å²) in [6.45, 7) is 4.05. The van der Waals surface area contributed by atoms with Crippen LogP contribution >= 0.6 is 27.5 Å². The number of methoxy groups -OCH3 is 1. The van der Waals surface area contributed by atoms with E-state index < -0.39 is 0 Å². The van der Waals surface area contributed by atoms with Crippen molar-refractivity contribution < 1.29 is 4.74 Å². The van der Waals surface area contributed by atoms with Crippen molar-refractivity contribution in [2.75, 3.05) is 20.3 Å². The van der Waals surface area contributed by atoms with Crippen LogP contribution in [0.1, 0.15) is 31.7 Å². The molecule has 1 atom stereocenters. The lowest BCUT2D eigenvalue weighted by Gasteiger charge is -2.19. The monoisotopic (exact) mass is 347 g/mol. The Morgan fingerprint density at radius 1 is 1.42 bits per heavy atom. The number of ether oxygens (including phenoxy) is 1. The van der Waals surface area contributed by atoms with E-state index in [4.69, 9.17) is 16.3 Å². The SMILES string of the molecule is CCCNC(CCCOC)Cc1ccc(Br)cc1Cl. The molecule has 4 heteroatoms. The molecule has 0 saturated heterocycles. The molecule has 0 spiro atoms. The second-order valence-electron chi connectivity index (χ2n) is 4.73. The van der Waals surface area contributed by atoms with Crippen molar-refractivity contribution in [1.82, 2.24) is 5.32 Å². The van der Waals surface area contributed by atoms with Gasteiger partial charge in [0.25, 0.3) is 0 Å². The van der Waals surface area contributed by atoms with Gasteiger partial charge in [-0.25, -0.2) is 0 Å². The Bertz CT molecular complexity index is 373. The predicted octanol–water partition coefficient (Wildman–Crippen LogP) is 4.44. The standard InChI is InChI=1S/C15H23BrClNO/c1-3-8-18-14(5-4-9-19-2)10-12-6-7-13(16)11-15(12)17/h6-7,11,14,18H,3-5,8-10H2,1-2H3. The predicted molar refractivity (Wildman–Crippen MR) is 86.0 cm³/mol. The second-order valence-corrected chi connectivity index (χ2v) is 6.05. The Hall–Kier alpha value is -0.0900. The summed E-state index contributed by atoms with van der Waals surface area (Å²) in [5, 5.41) is 4.43. The van der Waals surface area contributed by atoms with Gasteiger partial charge in [0.1, 0.15) is 0 Å². The molecule has 0 heterocycles. The molecule has 1 aromatic carbocycles. The first-order valence-electron chi connectivity index (χ1n) is 6.83. The molecule has 0 aliphatic rings. The van der Waals surface area contributed by atoms with E-state index in [9.17, 15) is 0 Å². The molecule has 2 nitrogen and oxygen atoms in total. The van der Waals surface area contributed by atoms with Crippen LogP contribution in [0.5, 0.6) is 0 Å². The first-order chi connectivity index (χ1) is 9.17. The molecule has 1 N–H and O–H groups in total. The van der Waals surface area contributed by atoms with Crippen LogP contribution < -0.4 is 5.32 Å². The number of nitrogens with one attached hydrogen (secondary N) is 1. The molecule has 1 rings (SSSR count). The van der Waals surface area contributed by atoms with Crippen LogP contribution in [0.2, 0.25) is 5.02 Å². The highest BCUT2D eigenvalue weighted by Crippen LogP contribution is 2.23. The third-order valence-corrected chi connectivity index (χ3v) is 3.91. The molecule has 0 amide bonds. The van der Waals surface area contributed by atoms with E-state index in [0.717, 1.165) is 48.3 Å². The summed E-state index contributed by atoms with van der Waals surface area (Å²) in [5.74, 6) is 0. The summed E-state index contributed by atoms with van der Waals surface area (Å²) < 4.78 is 6.15. The quantitative estimate of drug-likeness (QED) is 0.666. The van der Waals surface area contributed by atoms with Crippen molar-refractivity contribution in [2.45, 2.75) is 38.6 Å². The maximum Gasteiger partial charge on any atom is 0.0462 e. The first kappa shape index (κ1) is 17.0. The van der Waals surface area contributed by atoms with Crippen molar-refractivity contribution in [1.29, 1.82) is 0 Å². The zero-order valence-corrected chi connectivity index (χ0v) is 14.1. The Labute approximate surface area is 130 Å². The summed E-state index contributed by atoms with van der Waals surface area (Å²) in [5.41, 5.74) is 1.20. The maximum absolute atomic E-state index is 6.29. The fourth-order valence-electron chi connectivity index (χ4n) is 2.05. The minimum Gasteiger partial charge on any atom is -0.385 e. The van der Waals surface area contributed by atoms with E-state index >= 15 is 0 Å². The molecule has 108 valence electrons. The highest BCUT2D eigenvalue weighted by molar-refractivity contribution is 9.10. The van der Waals surface area contributed by atoms with Crippen LogP contribution in [0.4, 0.5) is 0 Å². The van der Waals surface area contributed by atoms with E-state index in [1.807, 2.05) is 12.1 Å². The summed E-state index contributed by atoms with van der Waals surface area (Å²) >= 11 is 9.73. The highest BCUT2D eigenvalue weighted by Gasteiger charge is 2.11. The third-order valence-electron chi connectivity index (χ3n) is 3.07. The van der Waals surface area contributed by atoms with Gasteiger partial charge in [-0.3, -0.25) is 0 Å². The maximum atomic E-state index is 6.29. The molecule has 0 bridgehead atoms. The first-order valence-corrected chi connectivity index (χ1v) is 8.00. The fourth-order valence-corrected chi connectivity index (χ4v) is 2.80. The number of benzene rings is 1. The summed E-state index contributed by atoms with van der Waals surface area (Å²) in [7, 11) is 1.75. The van der Waals surface area contributed by atoms with Crippen LogP contribution in [0.15, 0.2) is 22.7 Å². The van der Waals surface area contributed by atoms with Crippen molar-refractivity contribution in [3.05, 3.63) is 33.3 Å². The Morgan fingerprint density at radius 3 is 2.84 bits per heavy atom. The summed E-state index contributed by atoms with van der Waals surface area (Å²) in [4.78, 5) is 0. The zero-order valence-electron chi connectivity index (χ0n) is 11.7. The minimum absolute atomic E-state index is 0.466. The largest absolute Gasteiger partial charge is 0.385 e. The van der Waals surface area contributed by atoms with Gasteiger partial charge in [-0.15, -0.1) is 0 Å². The highest BCUT2D eigenvalue weighted by atomic mass is 79.9. The van der Waals surface area contributed by atoms with Crippen LogP contribution in [-0.2, 0) is 11.2 Å².